The van der Waals surface area contributed by atoms with Gasteiger partial charge in [-0.2, -0.15) is 22.0 Å². The molecule has 4 rings (SSSR count). The lowest BCUT2D eigenvalue weighted by atomic mass is 9.97. The first-order valence-electron chi connectivity index (χ1n) is 11.8. The molecular weight excluding hydrogens is 566 g/mol. The lowest BCUT2D eigenvalue weighted by molar-refractivity contribution is -0.188. The number of hydrogen-bond donors (Lipinski definition) is 0. The SMILES string of the molecule is C=CCCc1ccc(-c2ccc(-c3ccc(C(F)(F)Oc4cc(F)c(C(F)(F)F)c(F)c4)c(F)c3F)c(F)c2)cc1. The van der Waals surface area contributed by atoms with Gasteiger partial charge in [0, 0.05) is 23.3 Å². The van der Waals surface area contributed by atoms with Gasteiger partial charge >= 0.3 is 12.3 Å². The quantitative estimate of drug-likeness (QED) is 0.148. The fourth-order valence-electron chi connectivity index (χ4n) is 4.11. The van der Waals surface area contributed by atoms with Crippen molar-refractivity contribution in [2.75, 3.05) is 0 Å². The summed E-state index contributed by atoms with van der Waals surface area (Å²) < 4.78 is 144. The minimum absolute atomic E-state index is 0.172. The van der Waals surface area contributed by atoms with Crippen molar-refractivity contribution < 1.29 is 48.6 Å². The second-order valence-corrected chi connectivity index (χ2v) is 8.89. The average Bonchev–Trinajstić information content (AvgIpc) is 2.88. The van der Waals surface area contributed by atoms with Crippen LogP contribution in [0.5, 0.6) is 5.75 Å². The predicted octanol–water partition coefficient (Wildman–Crippen LogP) is 9.98. The second-order valence-electron chi connectivity index (χ2n) is 8.89. The van der Waals surface area contributed by atoms with Crippen LogP contribution < -0.4 is 4.74 Å². The van der Waals surface area contributed by atoms with Crippen molar-refractivity contribution in [2.45, 2.75) is 25.1 Å². The molecule has 41 heavy (non-hydrogen) atoms. The van der Waals surface area contributed by atoms with Crippen molar-refractivity contribution in [3.8, 4) is 28.0 Å². The van der Waals surface area contributed by atoms with E-state index in [-0.39, 0.29) is 12.1 Å². The van der Waals surface area contributed by atoms with E-state index >= 15 is 0 Å². The molecule has 0 amide bonds. The van der Waals surface area contributed by atoms with Crippen molar-refractivity contribution in [3.05, 3.63) is 125 Å². The number of ether oxygens (including phenoxy) is 1. The largest absolute Gasteiger partial charge is 0.429 e. The molecule has 214 valence electrons. The highest BCUT2D eigenvalue weighted by Crippen LogP contribution is 2.40. The van der Waals surface area contributed by atoms with Gasteiger partial charge in [-0.15, -0.1) is 6.58 Å². The number of aryl methyl sites for hydroxylation is 1. The molecule has 0 heterocycles. The zero-order valence-electron chi connectivity index (χ0n) is 20.7. The lowest BCUT2D eigenvalue weighted by Crippen LogP contribution is -2.24. The molecule has 0 aliphatic heterocycles. The molecule has 0 atom stereocenters. The van der Waals surface area contributed by atoms with Crippen LogP contribution in [-0.2, 0) is 18.7 Å². The topological polar surface area (TPSA) is 9.23 Å². The van der Waals surface area contributed by atoms with Gasteiger partial charge in [-0.05, 0) is 41.7 Å². The third kappa shape index (κ3) is 6.23. The predicted molar refractivity (Wildman–Crippen MR) is 132 cm³/mol. The molecule has 0 aliphatic rings. The molecule has 0 spiro atoms. The summed E-state index contributed by atoms with van der Waals surface area (Å²) in [5, 5.41) is 0. The maximum absolute atomic E-state index is 15.0. The van der Waals surface area contributed by atoms with Gasteiger partial charge in [0.1, 0.15) is 34.3 Å². The number of allylic oxidation sites excluding steroid dienone is 1. The Kier molecular flexibility index (Phi) is 8.19. The highest BCUT2D eigenvalue weighted by Gasteiger charge is 2.42. The number of halogens is 10. The minimum atomic E-state index is -5.47. The van der Waals surface area contributed by atoms with Gasteiger partial charge in [-0.3, -0.25) is 0 Å². The first-order chi connectivity index (χ1) is 19.2. The second kappa shape index (κ2) is 11.3. The highest BCUT2D eigenvalue weighted by molar-refractivity contribution is 5.72. The van der Waals surface area contributed by atoms with Crippen LogP contribution in [0.15, 0.2) is 79.4 Å². The lowest BCUT2D eigenvalue weighted by Gasteiger charge is -2.20. The summed E-state index contributed by atoms with van der Waals surface area (Å²) in [5.74, 6) is -11.0. The summed E-state index contributed by atoms with van der Waals surface area (Å²) in [7, 11) is 0. The van der Waals surface area contributed by atoms with E-state index < -0.39 is 69.4 Å². The van der Waals surface area contributed by atoms with E-state index in [9.17, 15) is 43.9 Å². The molecule has 0 N–H and O–H groups in total. The summed E-state index contributed by atoms with van der Waals surface area (Å²) in [6.07, 6.45) is -6.95. The fourth-order valence-corrected chi connectivity index (χ4v) is 4.11. The van der Waals surface area contributed by atoms with E-state index in [2.05, 4.69) is 11.3 Å². The Labute approximate surface area is 227 Å². The maximum atomic E-state index is 15.0. The van der Waals surface area contributed by atoms with Crippen molar-refractivity contribution in [2.24, 2.45) is 0 Å². The normalized spacial score (nSPS) is 12.0. The number of alkyl halides is 5. The van der Waals surface area contributed by atoms with Crippen molar-refractivity contribution >= 4 is 0 Å². The van der Waals surface area contributed by atoms with E-state index in [1.807, 2.05) is 12.1 Å². The van der Waals surface area contributed by atoms with Crippen molar-refractivity contribution in [3.63, 3.8) is 0 Å². The van der Waals surface area contributed by atoms with Gasteiger partial charge in [0.2, 0.25) is 0 Å². The van der Waals surface area contributed by atoms with E-state index in [1.54, 1.807) is 18.2 Å². The Morgan fingerprint density at radius 3 is 1.80 bits per heavy atom. The Hall–Kier alpha value is -4.28. The third-order valence-corrected chi connectivity index (χ3v) is 6.12. The number of hydrogen-bond acceptors (Lipinski definition) is 1. The zero-order valence-corrected chi connectivity index (χ0v) is 20.7. The van der Waals surface area contributed by atoms with Crippen molar-refractivity contribution in [1.82, 2.24) is 0 Å². The van der Waals surface area contributed by atoms with Gasteiger partial charge in [-0.1, -0.05) is 48.5 Å². The van der Waals surface area contributed by atoms with Crippen LogP contribution in [0.4, 0.5) is 43.9 Å². The summed E-state index contributed by atoms with van der Waals surface area (Å²) in [4.78, 5) is 0. The minimum Gasteiger partial charge on any atom is -0.429 e. The number of benzene rings is 4. The van der Waals surface area contributed by atoms with E-state index in [1.165, 1.54) is 6.07 Å². The van der Waals surface area contributed by atoms with Crippen LogP contribution >= 0.6 is 0 Å². The van der Waals surface area contributed by atoms with Crippen LogP contribution in [0.2, 0.25) is 0 Å². The Morgan fingerprint density at radius 1 is 0.659 bits per heavy atom. The average molecular weight is 584 g/mol. The monoisotopic (exact) mass is 584 g/mol. The molecule has 0 radical (unpaired) electrons. The first kappa shape index (κ1) is 29.7. The van der Waals surface area contributed by atoms with Gasteiger partial charge in [-0.25, -0.2) is 22.0 Å². The van der Waals surface area contributed by atoms with Crippen molar-refractivity contribution in [1.29, 1.82) is 0 Å². The molecule has 0 unspecified atom stereocenters. The molecule has 0 saturated heterocycles. The Morgan fingerprint density at radius 2 is 1.24 bits per heavy atom. The molecular formula is C30H18F10O. The summed E-state index contributed by atoms with van der Waals surface area (Å²) in [6.45, 7) is 3.65. The Bertz CT molecular complexity index is 1570. The molecule has 11 heteroatoms. The summed E-state index contributed by atoms with van der Waals surface area (Å²) >= 11 is 0. The van der Waals surface area contributed by atoms with E-state index in [0.717, 1.165) is 30.5 Å². The molecule has 0 saturated carbocycles. The molecule has 4 aromatic rings. The third-order valence-electron chi connectivity index (χ3n) is 6.12. The van der Waals surface area contributed by atoms with Crippen LogP contribution in [0, 0.1) is 29.1 Å². The molecule has 0 bridgehead atoms. The molecule has 0 aliphatic carbocycles. The molecule has 0 fully saturated rings. The standard InChI is InChI=1S/C30H18F10O/c1-2-3-4-16-5-7-17(8-6-16)18-9-10-20(23(31)13-18)21-11-12-22(28(35)27(21)34)30(39,40)41-19-14-24(32)26(25(33)15-19)29(36,37)38/h2,5-15H,1,3-4H2. The maximum Gasteiger partial charge on any atom is 0.429 e. The van der Waals surface area contributed by atoms with Gasteiger partial charge < -0.3 is 4.74 Å². The van der Waals surface area contributed by atoms with Gasteiger partial charge in [0.25, 0.3) is 0 Å². The smallest absolute Gasteiger partial charge is 0.429 e. The van der Waals surface area contributed by atoms with E-state index in [0.29, 0.717) is 23.3 Å². The summed E-state index contributed by atoms with van der Waals surface area (Å²) in [5.41, 5.74) is -3.18. The van der Waals surface area contributed by atoms with Crippen LogP contribution in [-0.4, -0.2) is 0 Å². The molecule has 1 nitrogen and oxygen atoms in total. The molecule has 0 aromatic heterocycles. The van der Waals surface area contributed by atoms with Gasteiger partial charge in [0.15, 0.2) is 11.6 Å². The molecule has 4 aromatic carbocycles. The zero-order chi connectivity index (χ0) is 30.1. The highest BCUT2D eigenvalue weighted by atomic mass is 19.4. The first-order valence-corrected chi connectivity index (χ1v) is 11.8. The summed E-state index contributed by atoms with van der Waals surface area (Å²) in [6, 6.07) is 11.5. The Balaban J connectivity index is 1.61. The van der Waals surface area contributed by atoms with Crippen LogP contribution in [0.3, 0.4) is 0 Å². The number of rotatable bonds is 8. The van der Waals surface area contributed by atoms with Gasteiger partial charge in [0.05, 0.1) is 0 Å². The van der Waals surface area contributed by atoms with Crippen LogP contribution in [0.1, 0.15) is 23.1 Å². The van der Waals surface area contributed by atoms with Crippen LogP contribution in [0.25, 0.3) is 22.3 Å². The fraction of sp³-hybridized carbons (Fsp3) is 0.133. The van der Waals surface area contributed by atoms with E-state index in [4.69, 9.17) is 0 Å².